The van der Waals surface area contributed by atoms with E-state index in [1.54, 1.807) is 0 Å². The van der Waals surface area contributed by atoms with Gasteiger partial charge in [0.25, 0.3) is 0 Å². The van der Waals surface area contributed by atoms with Gasteiger partial charge in [-0.15, -0.1) is 0 Å². The van der Waals surface area contributed by atoms with Crippen molar-refractivity contribution >= 4 is 17.1 Å². The molecule has 0 fully saturated rings. The number of hydrogen-bond acceptors (Lipinski definition) is 3. The number of carboxylic acids is 1. The number of carbonyl (C=O) groups is 1. The average Bonchev–Trinajstić information content (AvgIpc) is 2.47. The maximum atomic E-state index is 13.0. The predicted molar refractivity (Wildman–Crippen MR) is 43.8 cm³/mol. The summed E-state index contributed by atoms with van der Waals surface area (Å²) >= 11 is 0. The zero-order valence-electron chi connectivity index (χ0n) is 6.70. The van der Waals surface area contributed by atoms with Crippen molar-refractivity contribution in [2.24, 2.45) is 0 Å². The Morgan fingerprint density at radius 3 is 2.86 bits per heavy atom. The van der Waals surface area contributed by atoms with Gasteiger partial charge in [0.05, 0.1) is 0 Å². The summed E-state index contributed by atoms with van der Waals surface area (Å²) in [5, 5.41) is 8.68. The van der Waals surface area contributed by atoms with Crippen molar-refractivity contribution in [3.05, 3.63) is 34.1 Å². The van der Waals surface area contributed by atoms with Crippen LogP contribution in [-0.2, 0) is 0 Å². The summed E-state index contributed by atoms with van der Waals surface area (Å²) in [4.78, 5) is 23.4. The Labute approximate surface area is 75.8 Å². The fourth-order valence-electron chi connectivity index (χ4n) is 1.17. The smallest absolute Gasteiger partial charge is 0.417 e. The molecule has 2 N–H and O–H groups in total. The number of hydrogen-bond donors (Lipinski definition) is 2. The molecular formula is C8H4FNO4. The van der Waals surface area contributed by atoms with E-state index in [9.17, 15) is 14.0 Å². The van der Waals surface area contributed by atoms with Crippen LogP contribution in [0, 0.1) is 5.82 Å². The van der Waals surface area contributed by atoms with E-state index in [1.807, 2.05) is 0 Å². The second-order valence-electron chi connectivity index (χ2n) is 2.62. The zero-order chi connectivity index (χ0) is 10.3. The Kier molecular flexibility index (Phi) is 1.63. The van der Waals surface area contributed by atoms with Crippen LogP contribution in [0.3, 0.4) is 0 Å². The molecule has 0 aliphatic carbocycles. The van der Waals surface area contributed by atoms with Crippen LogP contribution in [0.25, 0.3) is 11.1 Å². The molecule has 6 heteroatoms. The molecule has 0 amide bonds. The predicted octanol–water partition coefficient (Wildman–Crippen LogP) is 0.958. The van der Waals surface area contributed by atoms with Crippen molar-refractivity contribution in [3.8, 4) is 0 Å². The standard InChI is InChI=1S/C8H4FNO4/c9-4-2-1-3(7(11)12)6-5(4)10-8(13)14-6/h1-2H,(H,10,13)(H,11,12). The van der Waals surface area contributed by atoms with Crippen LogP contribution in [0.5, 0.6) is 0 Å². The minimum Gasteiger partial charge on any atom is -0.478 e. The molecule has 0 saturated heterocycles. The van der Waals surface area contributed by atoms with E-state index in [1.165, 1.54) is 0 Å². The van der Waals surface area contributed by atoms with Crippen molar-refractivity contribution < 1.29 is 18.7 Å². The van der Waals surface area contributed by atoms with Gasteiger partial charge in [-0.1, -0.05) is 0 Å². The quantitative estimate of drug-likeness (QED) is 0.713. The minimum atomic E-state index is -1.28. The third-order valence-corrected chi connectivity index (χ3v) is 1.76. The van der Waals surface area contributed by atoms with Crippen LogP contribution in [0.15, 0.2) is 21.3 Å². The summed E-state index contributed by atoms with van der Waals surface area (Å²) in [6.07, 6.45) is 0. The highest BCUT2D eigenvalue weighted by Crippen LogP contribution is 2.18. The van der Waals surface area contributed by atoms with Crippen LogP contribution in [0.1, 0.15) is 10.4 Å². The first-order valence-electron chi connectivity index (χ1n) is 3.64. The highest BCUT2D eigenvalue weighted by atomic mass is 19.1. The number of benzene rings is 1. The van der Waals surface area contributed by atoms with Crippen molar-refractivity contribution in [1.82, 2.24) is 4.98 Å². The van der Waals surface area contributed by atoms with Crippen molar-refractivity contribution in [1.29, 1.82) is 0 Å². The Balaban J connectivity index is 2.94. The molecule has 2 aromatic rings. The van der Waals surface area contributed by atoms with Gasteiger partial charge in [0, 0.05) is 0 Å². The number of halogens is 1. The monoisotopic (exact) mass is 197 g/mol. The number of H-pyrrole nitrogens is 1. The van der Waals surface area contributed by atoms with E-state index in [4.69, 9.17) is 5.11 Å². The molecule has 1 aromatic heterocycles. The fraction of sp³-hybridized carbons (Fsp3) is 0. The van der Waals surface area contributed by atoms with Gasteiger partial charge in [-0.2, -0.15) is 0 Å². The normalized spacial score (nSPS) is 10.6. The summed E-state index contributed by atoms with van der Waals surface area (Å²) in [7, 11) is 0. The maximum absolute atomic E-state index is 13.0. The molecule has 5 nitrogen and oxygen atoms in total. The first-order chi connectivity index (χ1) is 6.59. The maximum Gasteiger partial charge on any atom is 0.417 e. The van der Waals surface area contributed by atoms with Crippen LogP contribution in [0.4, 0.5) is 4.39 Å². The first-order valence-corrected chi connectivity index (χ1v) is 3.64. The summed E-state index contributed by atoms with van der Waals surface area (Å²) in [6.45, 7) is 0. The van der Waals surface area contributed by atoms with Crippen molar-refractivity contribution in [3.63, 3.8) is 0 Å². The van der Waals surface area contributed by atoms with Crippen molar-refractivity contribution in [2.45, 2.75) is 0 Å². The fourth-order valence-corrected chi connectivity index (χ4v) is 1.17. The lowest BCUT2D eigenvalue weighted by atomic mass is 10.2. The lowest BCUT2D eigenvalue weighted by molar-refractivity contribution is 0.0698. The highest BCUT2D eigenvalue weighted by Gasteiger charge is 2.15. The molecular weight excluding hydrogens is 193 g/mol. The van der Waals surface area contributed by atoms with E-state index < -0.39 is 17.5 Å². The summed E-state index contributed by atoms with van der Waals surface area (Å²) in [5.74, 6) is -2.89. The van der Waals surface area contributed by atoms with Crippen LogP contribution < -0.4 is 5.76 Å². The number of oxazole rings is 1. The average molecular weight is 197 g/mol. The largest absolute Gasteiger partial charge is 0.478 e. The van der Waals surface area contributed by atoms with Gasteiger partial charge >= 0.3 is 11.7 Å². The number of aromatic amines is 1. The third kappa shape index (κ3) is 1.08. The number of aromatic carboxylic acids is 1. The number of aromatic nitrogens is 1. The third-order valence-electron chi connectivity index (χ3n) is 1.76. The van der Waals surface area contributed by atoms with Gasteiger partial charge in [-0.3, -0.25) is 4.98 Å². The van der Waals surface area contributed by atoms with E-state index in [0.717, 1.165) is 12.1 Å². The van der Waals surface area contributed by atoms with Gasteiger partial charge in [-0.25, -0.2) is 14.0 Å². The summed E-state index contributed by atoms with van der Waals surface area (Å²) in [5.41, 5.74) is -0.753. The Morgan fingerprint density at radius 2 is 2.21 bits per heavy atom. The molecule has 1 aromatic carbocycles. The Hall–Kier alpha value is -2.11. The minimum absolute atomic E-state index is 0.227. The molecule has 1 heterocycles. The zero-order valence-corrected chi connectivity index (χ0v) is 6.70. The Bertz CT molecular complexity index is 568. The molecule has 2 rings (SSSR count). The lowest BCUT2D eigenvalue weighted by Gasteiger charge is -1.94. The molecule has 0 bridgehead atoms. The molecule has 0 saturated carbocycles. The SMILES string of the molecule is O=C(O)c1ccc(F)c2[nH]c(=O)oc12. The first kappa shape index (κ1) is 8.49. The number of carboxylic acid groups (broad SMARTS) is 1. The highest BCUT2D eigenvalue weighted by molar-refractivity contribution is 5.99. The summed E-state index contributed by atoms with van der Waals surface area (Å²) < 4.78 is 17.5. The molecule has 14 heavy (non-hydrogen) atoms. The van der Waals surface area contributed by atoms with E-state index in [-0.39, 0.29) is 16.7 Å². The molecule has 0 aliphatic rings. The van der Waals surface area contributed by atoms with Crippen molar-refractivity contribution in [2.75, 3.05) is 0 Å². The van der Waals surface area contributed by atoms with Gasteiger partial charge < -0.3 is 9.52 Å². The molecule has 0 unspecified atom stereocenters. The van der Waals surface area contributed by atoms with Crippen LogP contribution in [-0.4, -0.2) is 16.1 Å². The summed E-state index contributed by atoms with van der Waals surface area (Å²) in [6, 6.07) is 1.99. The molecule has 72 valence electrons. The number of nitrogens with one attached hydrogen (secondary N) is 1. The van der Waals surface area contributed by atoms with Gasteiger partial charge in [0.15, 0.2) is 11.4 Å². The molecule has 0 spiro atoms. The molecule has 0 atom stereocenters. The van der Waals surface area contributed by atoms with E-state index >= 15 is 0 Å². The van der Waals surface area contributed by atoms with Crippen LogP contribution in [0.2, 0.25) is 0 Å². The second kappa shape index (κ2) is 2.69. The van der Waals surface area contributed by atoms with Crippen LogP contribution >= 0.6 is 0 Å². The molecule has 0 radical (unpaired) electrons. The Morgan fingerprint density at radius 1 is 1.50 bits per heavy atom. The second-order valence-corrected chi connectivity index (χ2v) is 2.62. The molecule has 0 aliphatic heterocycles. The van der Waals surface area contributed by atoms with Gasteiger partial charge in [0.1, 0.15) is 11.1 Å². The number of fused-ring (bicyclic) bond motifs is 1. The lowest BCUT2D eigenvalue weighted by Crippen LogP contribution is -1.97. The van der Waals surface area contributed by atoms with E-state index in [2.05, 4.69) is 9.40 Å². The van der Waals surface area contributed by atoms with Gasteiger partial charge in [-0.05, 0) is 12.1 Å². The number of rotatable bonds is 1. The van der Waals surface area contributed by atoms with E-state index in [0.29, 0.717) is 0 Å². The topological polar surface area (TPSA) is 83.3 Å². The van der Waals surface area contributed by atoms with Gasteiger partial charge in [0.2, 0.25) is 0 Å².